The summed E-state index contributed by atoms with van der Waals surface area (Å²) in [6, 6.07) is 5.63. The van der Waals surface area contributed by atoms with Crippen LogP contribution >= 0.6 is 0 Å². The fourth-order valence-electron chi connectivity index (χ4n) is 1.50. The Morgan fingerprint density at radius 2 is 2.00 bits per heavy atom. The maximum atomic E-state index is 11.6. The molecule has 1 amide bonds. The van der Waals surface area contributed by atoms with Crippen molar-refractivity contribution in [3.63, 3.8) is 0 Å². The number of nitrogens with one attached hydrogen (secondary N) is 1. The van der Waals surface area contributed by atoms with E-state index in [4.69, 9.17) is 10.5 Å². The van der Waals surface area contributed by atoms with E-state index in [1.54, 1.807) is 0 Å². The minimum atomic E-state index is -0.490. The summed E-state index contributed by atoms with van der Waals surface area (Å²) in [6.45, 7) is 9.35. The average Bonchev–Trinajstić information content (AvgIpc) is 2.18. The highest BCUT2D eigenvalue weighted by molar-refractivity contribution is 5.68. The SMILES string of the molecule is Cc1ccc(C(C)NC(=O)OC(C)(C)C)cc1N. The second-order valence-electron chi connectivity index (χ2n) is 5.48. The first-order chi connectivity index (χ1) is 8.19. The minimum absolute atomic E-state index is 0.136. The summed E-state index contributed by atoms with van der Waals surface area (Å²) in [4.78, 5) is 11.6. The van der Waals surface area contributed by atoms with E-state index in [9.17, 15) is 4.79 Å². The van der Waals surface area contributed by atoms with Crippen molar-refractivity contribution >= 4 is 11.8 Å². The maximum Gasteiger partial charge on any atom is 0.408 e. The molecule has 4 heteroatoms. The number of rotatable bonds is 2. The molecule has 0 aliphatic carbocycles. The molecule has 100 valence electrons. The van der Waals surface area contributed by atoms with Gasteiger partial charge in [0.05, 0.1) is 6.04 Å². The van der Waals surface area contributed by atoms with Gasteiger partial charge in [-0.15, -0.1) is 0 Å². The van der Waals surface area contributed by atoms with Gasteiger partial charge in [0.25, 0.3) is 0 Å². The molecule has 0 aliphatic rings. The molecule has 3 N–H and O–H groups in total. The molecule has 0 aliphatic heterocycles. The van der Waals surface area contributed by atoms with E-state index in [2.05, 4.69) is 5.32 Å². The fraction of sp³-hybridized carbons (Fsp3) is 0.500. The van der Waals surface area contributed by atoms with E-state index in [0.29, 0.717) is 0 Å². The van der Waals surface area contributed by atoms with Crippen LogP contribution in [0.4, 0.5) is 10.5 Å². The van der Waals surface area contributed by atoms with Crippen LogP contribution in [0, 0.1) is 6.92 Å². The molecule has 1 aromatic rings. The normalized spacial score (nSPS) is 12.9. The van der Waals surface area contributed by atoms with Gasteiger partial charge in [-0.3, -0.25) is 0 Å². The van der Waals surface area contributed by atoms with Crippen LogP contribution in [0.1, 0.15) is 44.9 Å². The smallest absolute Gasteiger partial charge is 0.408 e. The number of nitrogen functional groups attached to an aromatic ring is 1. The van der Waals surface area contributed by atoms with Gasteiger partial charge in [-0.05, 0) is 51.8 Å². The highest BCUT2D eigenvalue weighted by Crippen LogP contribution is 2.19. The van der Waals surface area contributed by atoms with Crippen LogP contribution in [-0.2, 0) is 4.74 Å². The quantitative estimate of drug-likeness (QED) is 0.792. The maximum absolute atomic E-state index is 11.6. The third-order valence-corrected chi connectivity index (χ3v) is 2.54. The van der Waals surface area contributed by atoms with Crippen molar-refractivity contribution in [1.29, 1.82) is 0 Å². The van der Waals surface area contributed by atoms with Gasteiger partial charge in [0.2, 0.25) is 0 Å². The van der Waals surface area contributed by atoms with Gasteiger partial charge in [-0.1, -0.05) is 12.1 Å². The summed E-state index contributed by atoms with van der Waals surface area (Å²) >= 11 is 0. The summed E-state index contributed by atoms with van der Waals surface area (Å²) in [5, 5.41) is 2.78. The second kappa shape index (κ2) is 5.29. The number of nitrogens with two attached hydrogens (primary N) is 1. The van der Waals surface area contributed by atoms with Crippen LogP contribution in [0.5, 0.6) is 0 Å². The Kier molecular flexibility index (Phi) is 4.22. The van der Waals surface area contributed by atoms with Gasteiger partial charge in [0.15, 0.2) is 0 Å². The summed E-state index contributed by atoms with van der Waals surface area (Å²) < 4.78 is 5.20. The number of hydrogen-bond donors (Lipinski definition) is 2. The molecule has 18 heavy (non-hydrogen) atoms. The molecule has 0 radical (unpaired) electrons. The molecule has 1 rings (SSSR count). The lowest BCUT2D eigenvalue weighted by Gasteiger charge is -2.22. The number of alkyl carbamates (subject to hydrolysis) is 1. The summed E-state index contributed by atoms with van der Waals surface area (Å²) in [5.74, 6) is 0. The van der Waals surface area contributed by atoms with Gasteiger partial charge in [-0.25, -0.2) is 4.79 Å². The summed E-state index contributed by atoms with van der Waals surface area (Å²) in [6.07, 6.45) is -0.422. The summed E-state index contributed by atoms with van der Waals surface area (Å²) in [7, 11) is 0. The number of hydrogen-bond acceptors (Lipinski definition) is 3. The molecule has 0 aromatic heterocycles. The van der Waals surface area contributed by atoms with Crippen molar-refractivity contribution in [2.24, 2.45) is 0 Å². The fourth-order valence-corrected chi connectivity index (χ4v) is 1.50. The topological polar surface area (TPSA) is 64.3 Å². The number of benzene rings is 1. The van der Waals surface area contributed by atoms with Gasteiger partial charge in [0, 0.05) is 5.69 Å². The molecule has 0 spiro atoms. The summed E-state index contributed by atoms with van der Waals surface area (Å²) in [5.41, 5.74) is 8.08. The lowest BCUT2D eigenvalue weighted by molar-refractivity contribution is 0.0508. The molecular weight excluding hydrogens is 228 g/mol. The van der Waals surface area contributed by atoms with Gasteiger partial charge >= 0.3 is 6.09 Å². The Bertz CT molecular complexity index is 436. The molecule has 0 saturated carbocycles. The number of anilines is 1. The number of aryl methyl sites for hydroxylation is 1. The Labute approximate surface area is 109 Å². The Balaban J connectivity index is 2.68. The molecule has 0 heterocycles. The van der Waals surface area contributed by atoms with E-state index in [-0.39, 0.29) is 6.04 Å². The van der Waals surface area contributed by atoms with Gasteiger partial charge in [0.1, 0.15) is 5.60 Å². The standard InChI is InChI=1S/C14H22N2O2/c1-9-6-7-11(8-12(9)15)10(2)16-13(17)18-14(3,4)5/h6-8,10H,15H2,1-5H3,(H,16,17). The van der Waals surface area contributed by atoms with Crippen molar-refractivity contribution in [3.8, 4) is 0 Å². The predicted molar refractivity (Wildman–Crippen MR) is 73.4 cm³/mol. The molecule has 0 bridgehead atoms. The zero-order chi connectivity index (χ0) is 13.9. The van der Waals surface area contributed by atoms with E-state index >= 15 is 0 Å². The number of amides is 1. The highest BCUT2D eigenvalue weighted by Gasteiger charge is 2.18. The van der Waals surface area contributed by atoms with Crippen molar-refractivity contribution in [3.05, 3.63) is 29.3 Å². The van der Waals surface area contributed by atoms with Crippen molar-refractivity contribution in [2.75, 3.05) is 5.73 Å². The van der Waals surface area contributed by atoms with Crippen LogP contribution in [0.25, 0.3) is 0 Å². The van der Waals surface area contributed by atoms with E-state index in [1.165, 1.54) is 0 Å². The molecule has 1 atom stereocenters. The van der Waals surface area contributed by atoms with E-state index < -0.39 is 11.7 Å². The monoisotopic (exact) mass is 250 g/mol. The predicted octanol–water partition coefficient (Wildman–Crippen LogP) is 3.16. The largest absolute Gasteiger partial charge is 0.444 e. The van der Waals surface area contributed by atoms with Crippen LogP contribution in [0.3, 0.4) is 0 Å². The van der Waals surface area contributed by atoms with Crippen molar-refractivity contribution in [1.82, 2.24) is 5.32 Å². The first-order valence-electron chi connectivity index (χ1n) is 6.04. The van der Waals surface area contributed by atoms with Gasteiger partial charge < -0.3 is 15.8 Å². The van der Waals surface area contributed by atoms with E-state index in [1.807, 2.05) is 52.8 Å². The van der Waals surface area contributed by atoms with E-state index in [0.717, 1.165) is 16.8 Å². The number of carbonyl (C=O) groups excluding carboxylic acids is 1. The molecular formula is C14H22N2O2. The first-order valence-corrected chi connectivity index (χ1v) is 6.04. The Hall–Kier alpha value is -1.71. The number of ether oxygens (including phenoxy) is 1. The number of carbonyl (C=O) groups is 1. The third kappa shape index (κ3) is 4.28. The Morgan fingerprint density at radius 3 is 2.50 bits per heavy atom. The van der Waals surface area contributed by atoms with Crippen LogP contribution in [-0.4, -0.2) is 11.7 Å². The molecule has 1 unspecified atom stereocenters. The zero-order valence-electron chi connectivity index (χ0n) is 11.7. The zero-order valence-corrected chi connectivity index (χ0v) is 11.7. The average molecular weight is 250 g/mol. The van der Waals surface area contributed by atoms with Crippen LogP contribution in [0.2, 0.25) is 0 Å². The van der Waals surface area contributed by atoms with Crippen LogP contribution < -0.4 is 11.1 Å². The highest BCUT2D eigenvalue weighted by atomic mass is 16.6. The van der Waals surface area contributed by atoms with Gasteiger partial charge in [-0.2, -0.15) is 0 Å². The molecule has 0 fully saturated rings. The van der Waals surface area contributed by atoms with Crippen LogP contribution in [0.15, 0.2) is 18.2 Å². The Morgan fingerprint density at radius 1 is 1.39 bits per heavy atom. The first kappa shape index (κ1) is 14.4. The molecule has 0 saturated heterocycles. The minimum Gasteiger partial charge on any atom is -0.444 e. The second-order valence-corrected chi connectivity index (χ2v) is 5.48. The lowest BCUT2D eigenvalue weighted by Crippen LogP contribution is -2.34. The van der Waals surface area contributed by atoms with Crippen molar-refractivity contribution < 1.29 is 9.53 Å². The lowest BCUT2D eigenvalue weighted by atomic mass is 10.1. The molecule has 1 aromatic carbocycles. The third-order valence-electron chi connectivity index (χ3n) is 2.54. The molecule has 4 nitrogen and oxygen atoms in total. The van der Waals surface area contributed by atoms with Crippen molar-refractivity contribution in [2.45, 2.75) is 46.3 Å².